The summed E-state index contributed by atoms with van der Waals surface area (Å²) in [6.07, 6.45) is 2.49. The van der Waals surface area contributed by atoms with Crippen LogP contribution in [0.4, 0.5) is 5.69 Å². The summed E-state index contributed by atoms with van der Waals surface area (Å²) >= 11 is 5.89. The highest BCUT2D eigenvalue weighted by Crippen LogP contribution is 2.21. The van der Waals surface area contributed by atoms with E-state index in [4.69, 9.17) is 16.0 Å². The van der Waals surface area contributed by atoms with Crippen LogP contribution in [0, 0.1) is 0 Å². The van der Waals surface area contributed by atoms with Crippen LogP contribution >= 0.6 is 11.6 Å². The number of nitrogens with one attached hydrogen (secondary N) is 1. The van der Waals surface area contributed by atoms with Crippen molar-refractivity contribution in [2.75, 3.05) is 23.7 Å². The van der Waals surface area contributed by atoms with E-state index in [9.17, 15) is 13.2 Å². The Hall–Kier alpha value is -1.99. The summed E-state index contributed by atoms with van der Waals surface area (Å²) in [5, 5.41) is 3.04. The van der Waals surface area contributed by atoms with E-state index in [1.807, 2.05) is 0 Å². The molecule has 2 rings (SSSR count). The molecule has 0 aliphatic heterocycles. The van der Waals surface area contributed by atoms with Crippen molar-refractivity contribution in [3.8, 4) is 0 Å². The van der Waals surface area contributed by atoms with Gasteiger partial charge in [-0.2, -0.15) is 0 Å². The lowest BCUT2D eigenvalue weighted by Gasteiger charge is -2.22. The molecule has 0 saturated heterocycles. The number of anilines is 1. The van der Waals surface area contributed by atoms with E-state index < -0.39 is 15.9 Å². The molecule has 0 bridgehead atoms. The Kier molecular flexibility index (Phi) is 5.10. The number of benzene rings is 1. The van der Waals surface area contributed by atoms with Crippen LogP contribution in [0.15, 0.2) is 47.1 Å². The lowest BCUT2D eigenvalue weighted by Crippen LogP contribution is -2.38. The minimum atomic E-state index is -3.49. The molecule has 1 heterocycles. The topological polar surface area (TPSA) is 79.6 Å². The average molecular weight is 343 g/mol. The van der Waals surface area contributed by atoms with Crippen LogP contribution in [-0.2, 0) is 10.0 Å². The number of sulfonamides is 1. The van der Waals surface area contributed by atoms with Gasteiger partial charge in [-0.3, -0.25) is 9.10 Å². The zero-order chi connectivity index (χ0) is 16.2. The molecule has 0 saturated carbocycles. The molecule has 1 aromatic carbocycles. The molecule has 0 aliphatic carbocycles. The predicted molar refractivity (Wildman–Crippen MR) is 84.7 cm³/mol. The van der Waals surface area contributed by atoms with Gasteiger partial charge in [-0.25, -0.2) is 8.42 Å². The largest absolute Gasteiger partial charge is 0.459 e. The predicted octanol–water partition coefficient (Wildman–Crippen LogP) is 2.13. The summed E-state index contributed by atoms with van der Waals surface area (Å²) in [5.74, 6) is -0.224. The fourth-order valence-electron chi connectivity index (χ4n) is 1.88. The SMILES string of the molecule is CS(=O)(=O)N(CCNC(=O)c1ccco1)c1cccc(Cl)c1. The fourth-order valence-corrected chi connectivity index (χ4v) is 2.99. The summed E-state index contributed by atoms with van der Waals surface area (Å²) < 4.78 is 29.9. The summed E-state index contributed by atoms with van der Waals surface area (Å²) in [6, 6.07) is 9.64. The maximum Gasteiger partial charge on any atom is 0.287 e. The van der Waals surface area contributed by atoms with Crippen molar-refractivity contribution in [2.45, 2.75) is 0 Å². The first-order chi connectivity index (χ1) is 10.4. The van der Waals surface area contributed by atoms with E-state index >= 15 is 0 Å². The number of amides is 1. The Morgan fingerprint density at radius 1 is 1.32 bits per heavy atom. The average Bonchev–Trinajstić information content (AvgIpc) is 2.96. The highest BCUT2D eigenvalue weighted by Gasteiger charge is 2.18. The second kappa shape index (κ2) is 6.85. The van der Waals surface area contributed by atoms with Gasteiger partial charge in [0.1, 0.15) is 0 Å². The summed E-state index contributed by atoms with van der Waals surface area (Å²) in [5.41, 5.74) is 0.447. The van der Waals surface area contributed by atoms with Crippen molar-refractivity contribution in [2.24, 2.45) is 0 Å². The first-order valence-electron chi connectivity index (χ1n) is 6.43. The molecule has 8 heteroatoms. The number of furan rings is 1. The Morgan fingerprint density at radius 2 is 2.09 bits per heavy atom. The number of carbonyl (C=O) groups is 1. The van der Waals surface area contributed by atoms with Crippen LogP contribution in [0.5, 0.6) is 0 Å². The van der Waals surface area contributed by atoms with Gasteiger partial charge in [0.05, 0.1) is 24.8 Å². The van der Waals surface area contributed by atoms with Crippen molar-refractivity contribution < 1.29 is 17.6 Å². The molecule has 0 radical (unpaired) electrons. The van der Waals surface area contributed by atoms with Crippen molar-refractivity contribution in [3.05, 3.63) is 53.4 Å². The maximum absolute atomic E-state index is 11.9. The molecule has 0 spiro atoms. The van der Waals surface area contributed by atoms with E-state index in [0.29, 0.717) is 10.7 Å². The van der Waals surface area contributed by atoms with Crippen LogP contribution in [0.3, 0.4) is 0 Å². The van der Waals surface area contributed by atoms with Gasteiger partial charge >= 0.3 is 0 Å². The van der Waals surface area contributed by atoms with Crippen LogP contribution in [-0.4, -0.2) is 33.7 Å². The van der Waals surface area contributed by atoms with Crippen molar-refractivity contribution in [1.82, 2.24) is 5.32 Å². The number of hydrogen-bond acceptors (Lipinski definition) is 4. The number of nitrogens with zero attached hydrogens (tertiary/aromatic N) is 1. The summed E-state index contributed by atoms with van der Waals surface area (Å²) in [6.45, 7) is 0.227. The van der Waals surface area contributed by atoms with Crippen LogP contribution in [0.25, 0.3) is 0 Å². The minimum Gasteiger partial charge on any atom is -0.459 e. The normalized spacial score (nSPS) is 11.2. The zero-order valence-electron chi connectivity index (χ0n) is 11.8. The molecule has 6 nitrogen and oxygen atoms in total. The molecule has 22 heavy (non-hydrogen) atoms. The van der Waals surface area contributed by atoms with Gasteiger partial charge < -0.3 is 9.73 Å². The molecule has 118 valence electrons. The zero-order valence-corrected chi connectivity index (χ0v) is 13.4. The van der Waals surface area contributed by atoms with Gasteiger partial charge in [0.2, 0.25) is 10.0 Å². The molecule has 2 aromatic rings. The first kappa shape index (κ1) is 16.4. The summed E-state index contributed by atoms with van der Waals surface area (Å²) in [7, 11) is -3.49. The Balaban J connectivity index is 2.04. The third-order valence-corrected chi connectivity index (χ3v) is 4.27. The third-order valence-electron chi connectivity index (χ3n) is 2.84. The first-order valence-corrected chi connectivity index (χ1v) is 8.65. The van der Waals surface area contributed by atoms with E-state index in [1.165, 1.54) is 16.6 Å². The minimum absolute atomic E-state index is 0.0889. The number of hydrogen-bond donors (Lipinski definition) is 1. The van der Waals surface area contributed by atoms with Crippen molar-refractivity contribution >= 4 is 33.2 Å². The van der Waals surface area contributed by atoms with Crippen molar-refractivity contribution in [3.63, 3.8) is 0 Å². The van der Waals surface area contributed by atoms with Crippen LogP contribution in [0.2, 0.25) is 5.02 Å². The Morgan fingerprint density at radius 3 is 2.68 bits per heavy atom. The smallest absolute Gasteiger partial charge is 0.287 e. The Labute approximate surface area is 133 Å². The summed E-state index contributed by atoms with van der Waals surface area (Å²) in [4.78, 5) is 11.7. The molecule has 0 aliphatic rings. The monoisotopic (exact) mass is 342 g/mol. The second-order valence-electron chi connectivity index (χ2n) is 4.55. The molecule has 1 amide bonds. The maximum atomic E-state index is 11.9. The third kappa shape index (κ3) is 4.25. The van der Waals surface area contributed by atoms with Gasteiger partial charge in [-0.05, 0) is 30.3 Å². The quantitative estimate of drug-likeness (QED) is 0.872. The lowest BCUT2D eigenvalue weighted by atomic mass is 10.3. The van der Waals surface area contributed by atoms with E-state index in [2.05, 4.69) is 5.32 Å². The second-order valence-corrected chi connectivity index (χ2v) is 6.89. The molecule has 1 N–H and O–H groups in total. The number of rotatable bonds is 6. The van der Waals surface area contributed by atoms with E-state index in [1.54, 1.807) is 30.3 Å². The highest BCUT2D eigenvalue weighted by molar-refractivity contribution is 7.92. The molecule has 0 atom stereocenters. The molecular formula is C14H15ClN2O4S. The van der Waals surface area contributed by atoms with Crippen LogP contribution < -0.4 is 9.62 Å². The van der Waals surface area contributed by atoms with E-state index in [0.717, 1.165) is 6.26 Å². The molecule has 1 aromatic heterocycles. The standard InChI is InChI=1S/C14H15ClN2O4S/c1-22(19,20)17(12-5-2-4-11(15)10-12)8-7-16-14(18)13-6-3-9-21-13/h2-6,9-10H,7-8H2,1H3,(H,16,18). The van der Waals surface area contributed by atoms with Crippen molar-refractivity contribution in [1.29, 1.82) is 0 Å². The van der Waals surface area contributed by atoms with Gasteiger partial charge in [0.15, 0.2) is 5.76 Å². The molecule has 0 unspecified atom stereocenters. The number of halogens is 1. The Bertz CT molecular complexity index is 744. The van der Waals surface area contributed by atoms with Crippen LogP contribution in [0.1, 0.15) is 10.6 Å². The van der Waals surface area contributed by atoms with E-state index in [-0.39, 0.29) is 18.8 Å². The highest BCUT2D eigenvalue weighted by atomic mass is 35.5. The van der Waals surface area contributed by atoms with Gasteiger partial charge in [-0.1, -0.05) is 17.7 Å². The lowest BCUT2D eigenvalue weighted by molar-refractivity contribution is 0.0927. The molecule has 0 fully saturated rings. The van der Waals surface area contributed by atoms with Gasteiger partial charge in [-0.15, -0.1) is 0 Å². The van der Waals surface area contributed by atoms with Gasteiger partial charge in [0.25, 0.3) is 5.91 Å². The fraction of sp³-hybridized carbons (Fsp3) is 0.214. The van der Waals surface area contributed by atoms with Gasteiger partial charge in [0, 0.05) is 11.6 Å². The number of carbonyl (C=O) groups excluding carboxylic acids is 1. The molecular weight excluding hydrogens is 328 g/mol.